The minimum absolute atomic E-state index is 0.00234. The first-order valence-corrected chi connectivity index (χ1v) is 4.23. The summed E-state index contributed by atoms with van der Waals surface area (Å²) in [6.45, 7) is 0. The Bertz CT molecular complexity index is 584. The minimum Gasteiger partial charge on any atom is -0.477 e. The quantitative estimate of drug-likeness (QED) is 0.768. The molecular formula is C9H5N5O2. The Labute approximate surface area is 89.6 Å². The summed E-state index contributed by atoms with van der Waals surface area (Å²) in [6, 6.07) is 6.25. The highest BCUT2D eigenvalue weighted by Gasteiger charge is 2.07. The zero-order valence-corrected chi connectivity index (χ0v) is 7.90. The number of rotatable bonds is 2. The molecule has 2 aromatic heterocycles. The number of aromatic nitrogens is 4. The van der Waals surface area contributed by atoms with Gasteiger partial charge < -0.3 is 5.11 Å². The van der Waals surface area contributed by atoms with Gasteiger partial charge in [0.05, 0.1) is 0 Å². The van der Waals surface area contributed by atoms with Gasteiger partial charge in [-0.05, 0) is 12.1 Å². The van der Waals surface area contributed by atoms with Crippen LogP contribution >= 0.6 is 0 Å². The van der Waals surface area contributed by atoms with Crippen molar-refractivity contribution >= 4 is 5.97 Å². The van der Waals surface area contributed by atoms with Crippen molar-refractivity contribution in [3.05, 3.63) is 36.0 Å². The molecule has 7 nitrogen and oxygen atoms in total. The lowest BCUT2D eigenvalue weighted by atomic mass is 10.3. The standard InChI is InChI=1S/C9H5N5O2/c10-4-7-11-5-14(13-7)8-3-1-2-6(12-8)9(15)16/h1-3,5H,(H,15,16). The lowest BCUT2D eigenvalue weighted by molar-refractivity contribution is 0.0690. The van der Waals surface area contributed by atoms with Gasteiger partial charge in [-0.1, -0.05) is 6.07 Å². The molecule has 0 aliphatic rings. The van der Waals surface area contributed by atoms with Crippen LogP contribution < -0.4 is 0 Å². The zero-order chi connectivity index (χ0) is 11.5. The van der Waals surface area contributed by atoms with E-state index in [9.17, 15) is 4.79 Å². The van der Waals surface area contributed by atoms with Crippen molar-refractivity contribution in [2.45, 2.75) is 0 Å². The molecule has 0 saturated carbocycles. The van der Waals surface area contributed by atoms with Crippen molar-refractivity contribution in [1.29, 1.82) is 5.26 Å². The lowest BCUT2D eigenvalue weighted by Gasteiger charge is -1.99. The third-order valence-corrected chi connectivity index (χ3v) is 1.78. The highest BCUT2D eigenvalue weighted by atomic mass is 16.4. The first-order chi connectivity index (χ1) is 7.70. The Morgan fingerprint density at radius 1 is 1.50 bits per heavy atom. The van der Waals surface area contributed by atoms with E-state index < -0.39 is 5.97 Å². The van der Waals surface area contributed by atoms with E-state index in [1.54, 1.807) is 18.2 Å². The van der Waals surface area contributed by atoms with Crippen LogP contribution in [0.3, 0.4) is 0 Å². The number of hydrogen-bond acceptors (Lipinski definition) is 5. The van der Waals surface area contributed by atoms with Gasteiger partial charge in [0.1, 0.15) is 12.4 Å². The molecule has 0 radical (unpaired) electrons. The maximum Gasteiger partial charge on any atom is 0.354 e. The SMILES string of the molecule is N#Cc1ncn(-c2cccc(C(=O)O)n2)n1. The number of carbonyl (C=O) groups is 1. The molecule has 0 spiro atoms. The molecule has 2 rings (SSSR count). The fourth-order valence-electron chi connectivity index (χ4n) is 1.09. The van der Waals surface area contributed by atoms with E-state index in [0.29, 0.717) is 5.82 Å². The highest BCUT2D eigenvalue weighted by molar-refractivity contribution is 5.85. The topological polar surface area (TPSA) is 105 Å². The Kier molecular flexibility index (Phi) is 2.31. The molecule has 16 heavy (non-hydrogen) atoms. The number of carboxylic acids is 1. The van der Waals surface area contributed by atoms with Crippen LogP contribution in [0.4, 0.5) is 0 Å². The van der Waals surface area contributed by atoms with Crippen molar-refractivity contribution in [2.75, 3.05) is 0 Å². The molecule has 0 fully saturated rings. The summed E-state index contributed by atoms with van der Waals surface area (Å²) in [4.78, 5) is 18.2. The molecule has 2 aromatic rings. The van der Waals surface area contributed by atoms with Crippen LogP contribution in [0.15, 0.2) is 24.5 Å². The molecule has 78 valence electrons. The Balaban J connectivity index is 2.44. The molecule has 7 heteroatoms. The molecule has 1 N–H and O–H groups in total. The smallest absolute Gasteiger partial charge is 0.354 e. The van der Waals surface area contributed by atoms with Crippen LogP contribution in [0.25, 0.3) is 5.82 Å². The van der Waals surface area contributed by atoms with Gasteiger partial charge in [0.25, 0.3) is 5.82 Å². The summed E-state index contributed by atoms with van der Waals surface area (Å²) < 4.78 is 1.24. The Morgan fingerprint density at radius 3 is 2.94 bits per heavy atom. The number of carboxylic acid groups (broad SMARTS) is 1. The largest absolute Gasteiger partial charge is 0.477 e. The average molecular weight is 215 g/mol. The molecule has 2 heterocycles. The third kappa shape index (κ3) is 1.72. The number of aromatic carboxylic acids is 1. The normalized spacial score (nSPS) is 9.69. The summed E-state index contributed by atoms with van der Waals surface area (Å²) >= 11 is 0. The van der Waals surface area contributed by atoms with E-state index in [-0.39, 0.29) is 11.5 Å². The molecule has 0 aliphatic carbocycles. The number of hydrogen-bond donors (Lipinski definition) is 1. The predicted octanol–water partition coefficient (Wildman–Crippen LogP) is 0.232. The summed E-state index contributed by atoms with van der Waals surface area (Å²) in [5.74, 6) is -0.820. The van der Waals surface area contributed by atoms with Gasteiger partial charge in [0.15, 0.2) is 11.5 Å². The number of pyridine rings is 1. The van der Waals surface area contributed by atoms with Gasteiger partial charge in [-0.25, -0.2) is 19.4 Å². The monoisotopic (exact) mass is 215 g/mol. The molecule has 0 atom stereocenters. The van der Waals surface area contributed by atoms with Crippen molar-refractivity contribution in [3.63, 3.8) is 0 Å². The van der Waals surface area contributed by atoms with Crippen molar-refractivity contribution < 1.29 is 9.90 Å². The minimum atomic E-state index is -1.12. The van der Waals surface area contributed by atoms with Crippen LogP contribution in [0.5, 0.6) is 0 Å². The fourth-order valence-corrected chi connectivity index (χ4v) is 1.09. The van der Waals surface area contributed by atoms with Gasteiger partial charge in [0, 0.05) is 0 Å². The molecule has 0 bridgehead atoms. The molecule has 0 aliphatic heterocycles. The van der Waals surface area contributed by atoms with E-state index in [4.69, 9.17) is 10.4 Å². The van der Waals surface area contributed by atoms with E-state index in [2.05, 4.69) is 15.1 Å². The van der Waals surface area contributed by atoms with E-state index in [0.717, 1.165) is 0 Å². The van der Waals surface area contributed by atoms with Gasteiger partial charge >= 0.3 is 5.97 Å². The highest BCUT2D eigenvalue weighted by Crippen LogP contribution is 2.04. The Morgan fingerprint density at radius 2 is 2.31 bits per heavy atom. The fraction of sp³-hybridized carbons (Fsp3) is 0. The van der Waals surface area contributed by atoms with Crippen LogP contribution in [0, 0.1) is 11.3 Å². The van der Waals surface area contributed by atoms with Crippen LogP contribution in [-0.2, 0) is 0 Å². The number of nitrogens with zero attached hydrogens (tertiary/aromatic N) is 5. The van der Waals surface area contributed by atoms with Crippen LogP contribution in [0.1, 0.15) is 16.3 Å². The molecule has 0 aromatic carbocycles. The van der Waals surface area contributed by atoms with Crippen LogP contribution in [0.2, 0.25) is 0 Å². The third-order valence-electron chi connectivity index (χ3n) is 1.78. The second-order valence-corrected chi connectivity index (χ2v) is 2.81. The average Bonchev–Trinajstić information content (AvgIpc) is 2.77. The van der Waals surface area contributed by atoms with E-state index >= 15 is 0 Å². The molecule has 0 saturated heterocycles. The molecular weight excluding hydrogens is 210 g/mol. The van der Waals surface area contributed by atoms with E-state index in [1.165, 1.54) is 17.1 Å². The van der Waals surface area contributed by atoms with Gasteiger partial charge in [-0.3, -0.25) is 0 Å². The summed E-state index contributed by atoms with van der Waals surface area (Å²) in [7, 11) is 0. The first kappa shape index (κ1) is 9.79. The summed E-state index contributed by atoms with van der Waals surface area (Å²) in [5, 5.41) is 21.1. The second-order valence-electron chi connectivity index (χ2n) is 2.81. The maximum atomic E-state index is 10.7. The van der Waals surface area contributed by atoms with Crippen molar-refractivity contribution in [3.8, 4) is 11.9 Å². The van der Waals surface area contributed by atoms with Crippen LogP contribution in [-0.4, -0.2) is 30.8 Å². The summed E-state index contributed by atoms with van der Waals surface area (Å²) in [6.07, 6.45) is 1.30. The predicted molar refractivity (Wildman–Crippen MR) is 50.8 cm³/mol. The summed E-state index contributed by atoms with van der Waals surface area (Å²) in [5.41, 5.74) is -0.0912. The van der Waals surface area contributed by atoms with E-state index in [1.807, 2.05) is 0 Å². The molecule has 0 amide bonds. The van der Waals surface area contributed by atoms with Crippen molar-refractivity contribution in [1.82, 2.24) is 19.7 Å². The first-order valence-electron chi connectivity index (χ1n) is 4.23. The van der Waals surface area contributed by atoms with Gasteiger partial charge in [-0.2, -0.15) is 5.26 Å². The maximum absolute atomic E-state index is 10.7. The van der Waals surface area contributed by atoms with Gasteiger partial charge in [0.2, 0.25) is 0 Å². The van der Waals surface area contributed by atoms with Crippen molar-refractivity contribution in [2.24, 2.45) is 0 Å². The van der Waals surface area contributed by atoms with Gasteiger partial charge in [-0.15, -0.1) is 5.10 Å². The Hall–Kier alpha value is -2.75. The second kappa shape index (κ2) is 3.78. The molecule has 0 unspecified atom stereocenters. The number of nitriles is 1. The lowest BCUT2D eigenvalue weighted by Crippen LogP contribution is -2.05. The zero-order valence-electron chi connectivity index (χ0n) is 7.90.